The van der Waals surface area contributed by atoms with Gasteiger partial charge >= 0.3 is 13.4 Å². The topological polar surface area (TPSA) is 132 Å². The van der Waals surface area contributed by atoms with Crippen molar-refractivity contribution in [2.45, 2.75) is 24.9 Å². The zero-order valence-corrected chi connectivity index (χ0v) is 16.3. The van der Waals surface area contributed by atoms with Gasteiger partial charge in [-0.15, -0.1) is 0 Å². The molecule has 10 nitrogen and oxygen atoms in total. The molecule has 0 radical (unpaired) electrons. The van der Waals surface area contributed by atoms with Gasteiger partial charge in [0.1, 0.15) is 12.3 Å². The number of nitrogens with one attached hydrogen (secondary N) is 1. The van der Waals surface area contributed by atoms with Gasteiger partial charge < -0.3 is 14.4 Å². The first-order valence-electron chi connectivity index (χ1n) is 8.94. The fourth-order valence-electron chi connectivity index (χ4n) is 3.06. The molecule has 0 aliphatic carbocycles. The van der Waals surface area contributed by atoms with Crippen LogP contribution in [0, 0.1) is 5.82 Å². The lowest BCUT2D eigenvalue weighted by Gasteiger charge is -2.20. The number of aliphatic hydroxyl groups is 1. The number of benzene rings is 1. The Morgan fingerprint density at radius 3 is 2.87 bits per heavy atom. The van der Waals surface area contributed by atoms with E-state index >= 15 is 0 Å². The van der Waals surface area contributed by atoms with Crippen LogP contribution in [-0.2, 0) is 18.3 Å². The fraction of sp³-hybridized carbons (Fsp3) is 0.278. The number of hydrogen-bond donors (Lipinski definition) is 2. The molecule has 30 heavy (non-hydrogen) atoms. The fourth-order valence-corrected chi connectivity index (χ4v) is 4.22. The van der Waals surface area contributed by atoms with Crippen LogP contribution >= 0.6 is 7.75 Å². The number of ether oxygens (including phenoxy) is 1. The van der Waals surface area contributed by atoms with Crippen LogP contribution < -0.4 is 11.2 Å². The van der Waals surface area contributed by atoms with Crippen molar-refractivity contribution in [2.75, 3.05) is 6.61 Å². The minimum Gasteiger partial charge on any atom is -0.416 e. The van der Waals surface area contributed by atoms with Crippen molar-refractivity contribution < 1.29 is 27.8 Å². The van der Waals surface area contributed by atoms with Crippen molar-refractivity contribution in [1.29, 1.82) is 0 Å². The summed E-state index contributed by atoms with van der Waals surface area (Å²) in [6.45, 7) is -0.352. The van der Waals surface area contributed by atoms with Crippen LogP contribution in [0.3, 0.4) is 0 Å². The van der Waals surface area contributed by atoms with E-state index in [2.05, 4.69) is 4.76 Å². The highest BCUT2D eigenvalue weighted by molar-refractivity contribution is 7.52. The molecule has 2 aromatic rings. The lowest BCUT2D eigenvalue weighted by Crippen LogP contribution is -2.34. The third-order valence-electron chi connectivity index (χ3n) is 4.56. The summed E-state index contributed by atoms with van der Waals surface area (Å²) in [5.74, 6) is -1.16. The molecule has 1 aromatic carbocycles. The summed E-state index contributed by atoms with van der Waals surface area (Å²) in [6.07, 6.45) is 0.285. The molecule has 4 rings (SSSR count). The molecule has 2 unspecified atom stereocenters. The molecular formula is C18H17FN3O7P. The van der Waals surface area contributed by atoms with E-state index in [0.717, 1.165) is 10.1 Å². The zero-order chi connectivity index (χ0) is 21.3. The molecule has 0 bridgehead atoms. The molecule has 0 spiro atoms. The lowest BCUT2D eigenvalue weighted by atomic mass is 10.1. The summed E-state index contributed by atoms with van der Waals surface area (Å²) in [4.78, 5) is 24.9. The van der Waals surface area contributed by atoms with Crippen molar-refractivity contribution in [3.05, 3.63) is 81.1 Å². The summed E-state index contributed by atoms with van der Waals surface area (Å²) in [6, 6.07) is 9.01. The van der Waals surface area contributed by atoms with Crippen LogP contribution in [0.4, 0.5) is 4.39 Å². The molecule has 0 amide bonds. The number of nitrogens with zero attached hydrogens (tertiary/aromatic N) is 2. The smallest absolute Gasteiger partial charge is 0.416 e. The van der Waals surface area contributed by atoms with Gasteiger partial charge in [0.25, 0.3) is 5.56 Å². The van der Waals surface area contributed by atoms with E-state index in [9.17, 15) is 23.7 Å². The maximum absolute atomic E-state index is 13.5. The van der Waals surface area contributed by atoms with Crippen LogP contribution in [0.5, 0.6) is 0 Å². The van der Waals surface area contributed by atoms with E-state index in [1.165, 1.54) is 6.26 Å². The number of aromatic nitrogens is 2. The second kappa shape index (κ2) is 8.11. The van der Waals surface area contributed by atoms with Gasteiger partial charge in [-0.2, -0.15) is 9.15 Å². The summed E-state index contributed by atoms with van der Waals surface area (Å²) >= 11 is 0. The monoisotopic (exact) mass is 437 g/mol. The van der Waals surface area contributed by atoms with Crippen molar-refractivity contribution in [3.8, 4) is 0 Å². The van der Waals surface area contributed by atoms with Gasteiger partial charge in [-0.25, -0.2) is 9.36 Å². The number of aliphatic hydroxyl groups excluding tert-OH is 1. The van der Waals surface area contributed by atoms with Crippen LogP contribution in [-0.4, -0.2) is 39.2 Å². The summed E-state index contributed by atoms with van der Waals surface area (Å²) in [7, 11) is -3.90. The molecule has 1 saturated heterocycles. The van der Waals surface area contributed by atoms with Crippen LogP contribution in [0.25, 0.3) is 0 Å². The van der Waals surface area contributed by atoms with Crippen LogP contribution in [0.2, 0.25) is 0 Å². The average Bonchev–Trinajstić information content (AvgIpc) is 3.10. The van der Waals surface area contributed by atoms with E-state index in [1.807, 2.05) is 11.1 Å². The largest absolute Gasteiger partial charge is 0.507 e. The lowest BCUT2D eigenvalue weighted by molar-refractivity contribution is -0.0428. The Hall–Kier alpha value is -2.85. The Balaban J connectivity index is 1.45. The standard InChI is InChI=1S/C18H17FN3O7P/c19-12-9-22(18(25)20-17(12)24)16-8-14(23)15(29-16)10-28-30(26)21-13(6-7-27-30)11-4-2-1-3-5-11/h1-7,9,14-16,23H,8,10H2,(H,20,24,25)/t14?,15-,16-,30?/m0/s1. The van der Waals surface area contributed by atoms with Crippen molar-refractivity contribution in [2.24, 2.45) is 4.76 Å². The van der Waals surface area contributed by atoms with Gasteiger partial charge in [-0.1, -0.05) is 30.3 Å². The molecule has 1 aromatic heterocycles. The number of halogens is 1. The minimum absolute atomic E-state index is 0.0665. The SMILES string of the molecule is O=c1[nH]c(=O)n([C@@H]2CC(O)[C@H](COP3(=O)N=C(c4ccccc4)C=CO3)O2)cc1F. The normalized spacial score (nSPS) is 28.2. The quantitative estimate of drug-likeness (QED) is 0.677. The highest BCUT2D eigenvalue weighted by Gasteiger charge is 2.38. The Labute approximate surface area is 168 Å². The summed E-state index contributed by atoms with van der Waals surface area (Å²) < 4.78 is 47.1. The Morgan fingerprint density at radius 2 is 2.10 bits per heavy atom. The summed E-state index contributed by atoms with van der Waals surface area (Å²) in [5.41, 5.74) is -0.906. The molecule has 3 heterocycles. The predicted octanol–water partition coefficient (Wildman–Crippen LogP) is 1.48. The Kier molecular flexibility index (Phi) is 5.52. The maximum atomic E-state index is 13.5. The third kappa shape index (κ3) is 4.19. The number of aromatic amines is 1. The molecular weight excluding hydrogens is 420 g/mol. The average molecular weight is 437 g/mol. The van der Waals surface area contributed by atoms with Crippen molar-refractivity contribution in [3.63, 3.8) is 0 Å². The van der Waals surface area contributed by atoms with E-state index in [4.69, 9.17) is 13.8 Å². The number of allylic oxidation sites excluding steroid dienone is 1. The van der Waals surface area contributed by atoms with E-state index in [0.29, 0.717) is 11.9 Å². The molecule has 2 N–H and O–H groups in total. The minimum atomic E-state index is -3.90. The summed E-state index contributed by atoms with van der Waals surface area (Å²) in [5, 5.41) is 10.2. The molecule has 158 valence electrons. The Morgan fingerprint density at radius 1 is 1.33 bits per heavy atom. The first kappa shape index (κ1) is 20.4. The van der Waals surface area contributed by atoms with Gasteiger partial charge in [-0.05, 0) is 6.08 Å². The van der Waals surface area contributed by atoms with E-state index < -0.39 is 43.2 Å². The predicted molar refractivity (Wildman–Crippen MR) is 103 cm³/mol. The number of H-pyrrole nitrogens is 1. The van der Waals surface area contributed by atoms with Crippen molar-refractivity contribution >= 4 is 13.5 Å². The number of rotatable bonds is 5. The maximum Gasteiger partial charge on any atom is 0.507 e. The zero-order valence-electron chi connectivity index (χ0n) is 15.4. The first-order valence-corrected chi connectivity index (χ1v) is 10.4. The van der Waals surface area contributed by atoms with E-state index in [1.54, 1.807) is 30.3 Å². The van der Waals surface area contributed by atoms with Gasteiger partial charge in [0.2, 0.25) is 5.82 Å². The highest BCUT2D eigenvalue weighted by Crippen LogP contribution is 2.52. The van der Waals surface area contributed by atoms with E-state index in [-0.39, 0.29) is 13.0 Å². The third-order valence-corrected chi connectivity index (χ3v) is 5.88. The first-order chi connectivity index (χ1) is 14.3. The van der Waals surface area contributed by atoms with Crippen LogP contribution in [0.15, 0.2) is 63.2 Å². The molecule has 4 atom stereocenters. The van der Waals surface area contributed by atoms with Gasteiger partial charge in [0, 0.05) is 12.0 Å². The number of hydrogen-bond acceptors (Lipinski definition) is 7. The van der Waals surface area contributed by atoms with Gasteiger partial charge in [0.05, 0.1) is 30.9 Å². The molecule has 2 aliphatic heterocycles. The molecule has 2 aliphatic rings. The second-order valence-corrected chi connectivity index (χ2v) is 8.21. The molecule has 12 heteroatoms. The van der Waals surface area contributed by atoms with Crippen molar-refractivity contribution in [1.82, 2.24) is 9.55 Å². The molecule has 1 fully saturated rings. The van der Waals surface area contributed by atoms with Crippen LogP contribution in [0.1, 0.15) is 18.2 Å². The molecule has 0 saturated carbocycles. The van der Waals surface area contributed by atoms with Gasteiger partial charge in [0.15, 0.2) is 0 Å². The highest BCUT2D eigenvalue weighted by atomic mass is 31.2. The second-order valence-electron chi connectivity index (χ2n) is 6.60. The van der Waals surface area contributed by atoms with Gasteiger partial charge in [-0.3, -0.25) is 18.9 Å². The Bertz CT molecular complexity index is 1160.